The number of nitriles is 2. The van der Waals surface area contributed by atoms with Gasteiger partial charge in [0.2, 0.25) is 5.91 Å². The van der Waals surface area contributed by atoms with Crippen molar-refractivity contribution in [3.05, 3.63) is 42.1 Å². The summed E-state index contributed by atoms with van der Waals surface area (Å²) in [6, 6.07) is 12.3. The Kier molecular flexibility index (Phi) is 4.86. The number of aryl methyl sites for hydroxylation is 1. The van der Waals surface area contributed by atoms with Crippen molar-refractivity contribution in [1.29, 1.82) is 10.5 Å². The maximum atomic E-state index is 12.3. The first-order valence-corrected chi connectivity index (χ1v) is 8.54. The minimum absolute atomic E-state index is 0.239. The van der Waals surface area contributed by atoms with E-state index in [4.69, 9.17) is 5.26 Å². The lowest BCUT2D eigenvalue weighted by atomic mass is 10.00. The number of carbonyl (C=O) groups is 1. The number of benzene rings is 1. The van der Waals surface area contributed by atoms with Crippen molar-refractivity contribution in [1.82, 2.24) is 9.88 Å². The molecule has 3 rings (SSSR count). The van der Waals surface area contributed by atoms with Crippen molar-refractivity contribution in [2.75, 3.05) is 0 Å². The molecule has 1 heterocycles. The number of rotatable bonds is 5. The lowest BCUT2D eigenvalue weighted by Gasteiger charge is -2.20. The third kappa shape index (κ3) is 3.56. The summed E-state index contributed by atoms with van der Waals surface area (Å²) >= 11 is 0. The molecule has 0 bridgehead atoms. The van der Waals surface area contributed by atoms with Crippen LogP contribution in [0, 0.1) is 22.7 Å². The summed E-state index contributed by atoms with van der Waals surface area (Å²) in [5.41, 5.74) is 1.27. The summed E-state index contributed by atoms with van der Waals surface area (Å²) in [7, 11) is 0. The molecule has 1 aromatic carbocycles. The second-order valence-electron chi connectivity index (χ2n) is 6.43. The fourth-order valence-corrected chi connectivity index (χ4v) is 3.45. The molecule has 25 heavy (non-hydrogen) atoms. The molecule has 1 saturated carbocycles. The molecule has 126 valence electrons. The molecule has 2 aromatic rings. The van der Waals surface area contributed by atoms with Crippen LogP contribution in [0.15, 0.2) is 36.5 Å². The third-order valence-corrected chi connectivity index (χ3v) is 4.73. The molecule has 0 aliphatic heterocycles. The molecule has 0 atom stereocenters. The van der Waals surface area contributed by atoms with Gasteiger partial charge in [-0.05, 0) is 37.8 Å². The van der Waals surface area contributed by atoms with Crippen LogP contribution in [0.2, 0.25) is 0 Å². The molecule has 0 saturated heterocycles. The first-order valence-electron chi connectivity index (χ1n) is 8.54. The highest BCUT2D eigenvalue weighted by molar-refractivity contribution is 5.96. The number of fused-ring (bicyclic) bond motifs is 1. The van der Waals surface area contributed by atoms with Gasteiger partial charge in [0.1, 0.15) is 5.54 Å². The standard InChI is InChI=1S/C20H20N4O/c21-12-5-13-24-14-16(17-6-1-2-7-18(17)24)8-9-19(25)23-20(15-22)10-3-4-11-20/h1-2,6-9,14H,3-5,10-11,13H2,(H,23,25). The van der Waals surface area contributed by atoms with E-state index >= 15 is 0 Å². The molecule has 0 unspecified atom stereocenters. The van der Waals surface area contributed by atoms with E-state index < -0.39 is 5.54 Å². The average molecular weight is 332 g/mol. The maximum Gasteiger partial charge on any atom is 0.245 e. The SMILES string of the molecule is N#CCCn1cc(C=CC(=O)NC2(C#N)CCCC2)c2ccccc21. The second-order valence-corrected chi connectivity index (χ2v) is 6.43. The molecule has 1 aromatic heterocycles. The average Bonchev–Trinajstić information content (AvgIpc) is 3.24. The summed E-state index contributed by atoms with van der Waals surface area (Å²) in [5.74, 6) is -0.239. The van der Waals surface area contributed by atoms with E-state index in [9.17, 15) is 10.1 Å². The van der Waals surface area contributed by atoms with Crippen molar-refractivity contribution in [3.8, 4) is 12.1 Å². The van der Waals surface area contributed by atoms with Gasteiger partial charge >= 0.3 is 0 Å². The van der Waals surface area contributed by atoms with Crippen LogP contribution in [0.3, 0.4) is 0 Å². The van der Waals surface area contributed by atoms with Gasteiger partial charge in [-0.2, -0.15) is 10.5 Å². The van der Waals surface area contributed by atoms with Gasteiger partial charge in [0.05, 0.1) is 18.6 Å². The topological polar surface area (TPSA) is 81.6 Å². The van der Waals surface area contributed by atoms with Gasteiger partial charge < -0.3 is 9.88 Å². The highest BCUT2D eigenvalue weighted by Gasteiger charge is 2.34. The Morgan fingerprint density at radius 1 is 1.28 bits per heavy atom. The predicted octanol–water partition coefficient (Wildman–Crippen LogP) is 3.52. The number of hydrogen-bond donors (Lipinski definition) is 1. The first kappa shape index (κ1) is 16.8. The Morgan fingerprint density at radius 2 is 2.04 bits per heavy atom. The fourth-order valence-electron chi connectivity index (χ4n) is 3.45. The molecular formula is C20H20N4O. The minimum atomic E-state index is -0.706. The number of aromatic nitrogens is 1. The van der Waals surface area contributed by atoms with Crippen LogP contribution in [0.25, 0.3) is 17.0 Å². The zero-order valence-corrected chi connectivity index (χ0v) is 14.0. The van der Waals surface area contributed by atoms with E-state index in [2.05, 4.69) is 17.5 Å². The number of carbonyl (C=O) groups excluding carboxylic acids is 1. The van der Waals surface area contributed by atoms with Crippen LogP contribution in [-0.4, -0.2) is 16.0 Å². The van der Waals surface area contributed by atoms with Gasteiger partial charge in [-0.3, -0.25) is 4.79 Å². The highest BCUT2D eigenvalue weighted by Crippen LogP contribution is 2.29. The van der Waals surface area contributed by atoms with E-state index in [1.807, 2.05) is 35.0 Å². The van der Waals surface area contributed by atoms with Crippen LogP contribution < -0.4 is 5.32 Å². The van der Waals surface area contributed by atoms with E-state index in [0.717, 1.165) is 42.1 Å². The van der Waals surface area contributed by atoms with Crippen molar-refractivity contribution < 1.29 is 4.79 Å². The monoisotopic (exact) mass is 332 g/mol. The van der Waals surface area contributed by atoms with Crippen molar-refractivity contribution in [2.45, 2.75) is 44.2 Å². The van der Waals surface area contributed by atoms with Gasteiger partial charge in [0, 0.05) is 35.3 Å². The summed E-state index contributed by atoms with van der Waals surface area (Å²) < 4.78 is 2.03. The Labute approximate surface area is 147 Å². The fraction of sp³-hybridized carbons (Fsp3) is 0.350. The number of para-hydroxylation sites is 1. The molecule has 0 radical (unpaired) electrons. The van der Waals surface area contributed by atoms with Crippen LogP contribution in [0.1, 0.15) is 37.7 Å². The Morgan fingerprint density at radius 3 is 2.76 bits per heavy atom. The molecule has 1 aliphatic carbocycles. The molecule has 0 spiro atoms. The van der Waals surface area contributed by atoms with Gasteiger partial charge in [0.15, 0.2) is 0 Å². The number of hydrogen-bond acceptors (Lipinski definition) is 3. The minimum Gasteiger partial charge on any atom is -0.346 e. The van der Waals surface area contributed by atoms with Gasteiger partial charge in [-0.1, -0.05) is 18.2 Å². The quantitative estimate of drug-likeness (QED) is 0.851. The van der Waals surface area contributed by atoms with Crippen molar-refractivity contribution in [3.63, 3.8) is 0 Å². The zero-order valence-electron chi connectivity index (χ0n) is 14.0. The largest absolute Gasteiger partial charge is 0.346 e. The van der Waals surface area contributed by atoms with Gasteiger partial charge in [0.25, 0.3) is 0 Å². The molecular weight excluding hydrogens is 312 g/mol. The zero-order chi connectivity index (χ0) is 17.7. The van der Waals surface area contributed by atoms with Crippen LogP contribution >= 0.6 is 0 Å². The lowest BCUT2D eigenvalue weighted by Crippen LogP contribution is -2.44. The second kappa shape index (κ2) is 7.23. The molecule has 1 amide bonds. The normalized spacial score (nSPS) is 15.9. The molecule has 1 N–H and O–H groups in total. The summed E-state index contributed by atoms with van der Waals surface area (Å²) in [6.07, 6.45) is 9.06. The Bertz CT molecular complexity index is 889. The van der Waals surface area contributed by atoms with Crippen LogP contribution in [0.4, 0.5) is 0 Å². The van der Waals surface area contributed by atoms with Crippen molar-refractivity contribution in [2.24, 2.45) is 0 Å². The maximum absolute atomic E-state index is 12.3. The van der Waals surface area contributed by atoms with Crippen LogP contribution in [0.5, 0.6) is 0 Å². The lowest BCUT2D eigenvalue weighted by molar-refractivity contribution is -0.117. The molecule has 5 heteroatoms. The summed E-state index contributed by atoms with van der Waals surface area (Å²) in [4.78, 5) is 12.3. The number of amides is 1. The number of nitrogens with one attached hydrogen (secondary N) is 1. The summed E-state index contributed by atoms with van der Waals surface area (Å²) in [5, 5.41) is 22.1. The number of nitrogens with zero attached hydrogens (tertiary/aromatic N) is 3. The molecule has 5 nitrogen and oxygen atoms in total. The summed E-state index contributed by atoms with van der Waals surface area (Å²) in [6.45, 7) is 0.620. The van der Waals surface area contributed by atoms with Crippen molar-refractivity contribution >= 4 is 22.9 Å². The van der Waals surface area contributed by atoms with E-state index in [1.165, 1.54) is 6.08 Å². The Hall–Kier alpha value is -3.05. The van der Waals surface area contributed by atoms with Gasteiger partial charge in [-0.25, -0.2) is 0 Å². The van der Waals surface area contributed by atoms with E-state index in [1.54, 1.807) is 6.08 Å². The first-order chi connectivity index (χ1) is 12.2. The Balaban J connectivity index is 1.80. The molecule has 1 aliphatic rings. The predicted molar refractivity (Wildman–Crippen MR) is 96.2 cm³/mol. The van der Waals surface area contributed by atoms with E-state index in [0.29, 0.717) is 13.0 Å². The smallest absolute Gasteiger partial charge is 0.245 e. The molecule has 1 fully saturated rings. The van der Waals surface area contributed by atoms with Crippen LogP contribution in [-0.2, 0) is 11.3 Å². The van der Waals surface area contributed by atoms with E-state index in [-0.39, 0.29) is 5.91 Å². The van der Waals surface area contributed by atoms with Gasteiger partial charge in [-0.15, -0.1) is 0 Å². The third-order valence-electron chi connectivity index (χ3n) is 4.73. The highest BCUT2D eigenvalue weighted by atomic mass is 16.1.